The molecule has 0 spiro atoms. The Labute approximate surface area is 177 Å². The van der Waals surface area contributed by atoms with Gasteiger partial charge in [-0.05, 0) is 27.1 Å². The maximum Gasteiger partial charge on any atom is 0.277 e. The molecule has 0 aromatic heterocycles. The van der Waals surface area contributed by atoms with E-state index in [1.165, 1.54) is 6.07 Å². The van der Waals surface area contributed by atoms with Gasteiger partial charge in [-0.1, -0.05) is 84.9 Å². The predicted octanol–water partition coefficient (Wildman–Crippen LogP) is 3.87. The van der Waals surface area contributed by atoms with Crippen LogP contribution in [-0.2, 0) is 19.2 Å². The van der Waals surface area contributed by atoms with Crippen molar-refractivity contribution in [2.75, 3.05) is 0 Å². The van der Waals surface area contributed by atoms with Gasteiger partial charge in [0.25, 0.3) is 11.6 Å². The smallest absolute Gasteiger partial charge is 0.277 e. The van der Waals surface area contributed by atoms with Gasteiger partial charge in [-0.25, -0.2) is 0 Å². The minimum absolute atomic E-state index is 0.0389. The Morgan fingerprint density at radius 1 is 0.613 bits per heavy atom. The summed E-state index contributed by atoms with van der Waals surface area (Å²) >= 11 is 0. The molecule has 0 radical (unpaired) electrons. The van der Waals surface area contributed by atoms with Gasteiger partial charge in [0.15, 0.2) is 0 Å². The fourth-order valence-corrected chi connectivity index (χ4v) is 3.70. The van der Waals surface area contributed by atoms with Crippen LogP contribution in [0.4, 0.5) is 0 Å². The summed E-state index contributed by atoms with van der Waals surface area (Å²) in [5.41, 5.74) is 0.355. The number of fused-ring (bicyclic) bond motifs is 2. The Balaban J connectivity index is 1.67. The maximum absolute atomic E-state index is 12.8. The molecule has 0 aliphatic carbocycles. The molecule has 0 amide bonds. The van der Waals surface area contributed by atoms with Gasteiger partial charge in [-0.15, -0.1) is 0 Å². The number of aldehydes is 1. The van der Waals surface area contributed by atoms with Gasteiger partial charge in [0, 0.05) is 5.56 Å². The molecular weight excluding hydrogens is 392 g/mol. The topological polar surface area (TPSA) is 85.3 Å². The van der Waals surface area contributed by atoms with Gasteiger partial charge < -0.3 is 4.79 Å². The molecule has 4 aromatic carbocycles. The summed E-state index contributed by atoms with van der Waals surface area (Å²) in [7, 11) is 0. The molecule has 0 aliphatic heterocycles. The minimum Gasteiger partial charge on any atom is -0.302 e. The minimum atomic E-state index is -1.50. The number of ketones is 4. The molecule has 0 heterocycles. The molecule has 4 aromatic rings. The summed E-state index contributed by atoms with van der Waals surface area (Å²) in [6.45, 7) is 0. The van der Waals surface area contributed by atoms with E-state index in [0.29, 0.717) is 22.6 Å². The number of hydrogen-bond acceptors (Lipinski definition) is 5. The van der Waals surface area contributed by atoms with Crippen LogP contribution in [0.5, 0.6) is 0 Å². The van der Waals surface area contributed by atoms with Gasteiger partial charge in [0.2, 0.25) is 11.6 Å². The van der Waals surface area contributed by atoms with Crippen LogP contribution in [-0.4, -0.2) is 29.4 Å². The van der Waals surface area contributed by atoms with Crippen molar-refractivity contribution in [1.29, 1.82) is 0 Å². The third-order valence-corrected chi connectivity index (χ3v) is 5.25. The number of carbonyl (C=O) groups excluding carboxylic acids is 5. The molecule has 0 fully saturated rings. The lowest BCUT2D eigenvalue weighted by atomic mass is 9.87. The highest BCUT2D eigenvalue weighted by molar-refractivity contribution is 6.81. The average molecular weight is 408 g/mol. The van der Waals surface area contributed by atoms with Crippen molar-refractivity contribution in [1.82, 2.24) is 0 Å². The lowest BCUT2D eigenvalue weighted by molar-refractivity contribution is -0.143. The standard InChI is InChI=1S/C26H16O5/c27-15-22(20-13-5-9-16-7-1-3-11-18(16)20)24(29)26(31)25(30)23(28)21-14-6-10-17-8-2-4-12-19(17)21/h1-15,22H. The van der Waals surface area contributed by atoms with Crippen LogP contribution in [0, 0.1) is 0 Å². The van der Waals surface area contributed by atoms with E-state index in [1.807, 2.05) is 12.1 Å². The van der Waals surface area contributed by atoms with Gasteiger partial charge >= 0.3 is 0 Å². The molecule has 1 unspecified atom stereocenters. The first kappa shape index (κ1) is 20.0. The SMILES string of the molecule is O=CC(C(=O)C(=O)C(=O)C(=O)c1cccc2ccccc12)c1cccc2ccccc12. The van der Waals surface area contributed by atoms with Crippen molar-refractivity contribution in [3.63, 3.8) is 0 Å². The van der Waals surface area contributed by atoms with Crippen molar-refractivity contribution < 1.29 is 24.0 Å². The first-order chi connectivity index (χ1) is 15.0. The Kier molecular flexibility index (Phi) is 5.33. The second kappa shape index (κ2) is 8.24. The summed E-state index contributed by atoms with van der Waals surface area (Å²) in [6.07, 6.45) is 0.331. The molecule has 4 rings (SSSR count). The molecule has 0 aliphatic rings. The summed E-state index contributed by atoms with van der Waals surface area (Å²) in [6, 6.07) is 23.8. The van der Waals surface area contributed by atoms with E-state index in [-0.39, 0.29) is 5.56 Å². The summed E-state index contributed by atoms with van der Waals surface area (Å²) in [5.74, 6) is -6.71. The zero-order valence-corrected chi connectivity index (χ0v) is 16.3. The molecule has 150 valence electrons. The van der Waals surface area contributed by atoms with Crippen molar-refractivity contribution in [3.05, 3.63) is 96.1 Å². The third-order valence-electron chi connectivity index (χ3n) is 5.25. The fraction of sp³-hybridized carbons (Fsp3) is 0.0385. The highest BCUT2D eigenvalue weighted by Crippen LogP contribution is 2.26. The van der Waals surface area contributed by atoms with E-state index in [1.54, 1.807) is 66.7 Å². The fourth-order valence-electron chi connectivity index (χ4n) is 3.70. The quantitative estimate of drug-likeness (QED) is 0.201. The first-order valence-corrected chi connectivity index (χ1v) is 9.61. The molecule has 0 N–H and O–H groups in total. The number of carbonyl (C=O) groups is 5. The Morgan fingerprint density at radius 2 is 1.16 bits per heavy atom. The van der Waals surface area contributed by atoms with Gasteiger partial charge in [0.05, 0.1) is 0 Å². The normalized spacial score (nSPS) is 11.7. The van der Waals surface area contributed by atoms with Crippen molar-refractivity contribution in [2.45, 2.75) is 5.92 Å². The second-order valence-corrected chi connectivity index (χ2v) is 7.06. The van der Waals surface area contributed by atoms with Crippen LogP contribution < -0.4 is 0 Å². The largest absolute Gasteiger partial charge is 0.302 e. The molecule has 0 saturated carbocycles. The molecule has 5 nitrogen and oxygen atoms in total. The number of benzene rings is 4. The van der Waals surface area contributed by atoms with E-state index < -0.39 is 29.1 Å². The number of rotatable bonds is 7. The lowest BCUT2D eigenvalue weighted by Gasteiger charge is -2.12. The lowest BCUT2D eigenvalue weighted by Crippen LogP contribution is -2.34. The summed E-state index contributed by atoms with van der Waals surface area (Å²) in [5, 5.41) is 2.63. The van der Waals surface area contributed by atoms with Crippen LogP contribution in [0.1, 0.15) is 21.8 Å². The summed E-state index contributed by atoms with van der Waals surface area (Å²) < 4.78 is 0. The maximum atomic E-state index is 12.8. The van der Waals surface area contributed by atoms with Crippen molar-refractivity contribution in [3.8, 4) is 0 Å². The van der Waals surface area contributed by atoms with Crippen LogP contribution in [0.25, 0.3) is 21.5 Å². The second-order valence-electron chi connectivity index (χ2n) is 7.06. The monoisotopic (exact) mass is 408 g/mol. The third kappa shape index (κ3) is 3.57. The van der Waals surface area contributed by atoms with E-state index in [2.05, 4.69) is 0 Å². The van der Waals surface area contributed by atoms with E-state index in [0.717, 1.165) is 10.8 Å². The van der Waals surface area contributed by atoms with Crippen LogP contribution >= 0.6 is 0 Å². The van der Waals surface area contributed by atoms with E-state index in [9.17, 15) is 24.0 Å². The average Bonchev–Trinajstić information content (AvgIpc) is 2.82. The highest BCUT2D eigenvalue weighted by atomic mass is 16.2. The molecule has 5 heteroatoms. The molecular formula is C26H16O5. The zero-order valence-electron chi connectivity index (χ0n) is 16.3. The Hall–Kier alpha value is -4.25. The van der Waals surface area contributed by atoms with Gasteiger partial charge in [-0.3, -0.25) is 19.2 Å². The van der Waals surface area contributed by atoms with Crippen molar-refractivity contribution >= 4 is 51.0 Å². The summed E-state index contributed by atoms with van der Waals surface area (Å²) in [4.78, 5) is 62.6. The van der Waals surface area contributed by atoms with Gasteiger partial charge in [0.1, 0.15) is 12.2 Å². The van der Waals surface area contributed by atoms with Crippen LogP contribution in [0.2, 0.25) is 0 Å². The van der Waals surface area contributed by atoms with E-state index >= 15 is 0 Å². The molecule has 0 saturated heterocycles. The van der Waals surface area contributed by atoms with Crippen molar-refractivity contribution in [2.24, 2.45) is 0 Å². The zero-order chi connectivity index (χ0) is 22.0. The van der Waals surface area contributed by atoms with Crippen LogP contribution in [0.15, 0.2) is 84.9 Å². The van der Waals surface area contributed by atoms with Crippen LogP contribution in [0.3, 0.4) is 0 Å². The molecule has 31 heavy (non-hydrogen) atoms. The highest BCUT2D eigenvalue weighted by Gasteiger charge is 2.36. The predicted molar refractivity (Wildman–Crippen MR) is 116 cm³/mol. The molecule has 0 bridgehead atoms. The Morgan fingerprint density at radius 3 is 1.84 bits per heavy atom. The molecule has 1 atom stereocenters. The first-order valence-electron chi connectivity index (χ1n) is 9.61. The van der Waals surface area contributed by atoms with E-state index in [4.69, 9.17) is 0 Å². The Bertz CT molecular complexity index is 1370. The number of hydrogen-bond donors (Lipinski definition) is 0. The number of Topliss-reactive ketones (excluding diaryl/α,β-unsaturated/α-hetero) is 4. The van der Waals surface area contributed by atoms with Gasteiger partial charge in [-0.2, -0.15) is 0 Å².